The summed E-state index contributed by atoms with van der Waals surface area (Å²) in [7, 11) is 9.47. The van der Waals surface area contributed by atoms with Gasteiger partial charge in [0.15, 0.2) is 11.5 Å². The number of aromatic nitrogens is 2. The van der Waals surface area contributed by atoms with Gasteiger partial charge in [0, 0.05) is 75.4 Å². The van der Waals surface area contributed by atoms with Crippen LogP contribution in [0.15, 0.2) is 161 Å². The topological polar surface area (TPSA) is 122 Å². The number of aryl methyl sites for hydroxylation is 1. The molecule has 0 radical (unpaired) electrons. The van der Waals surface area contributed by atoms with Gasteiger partial charge in [-0.3, -0.25) is 0 Å². The van der Waals surface area contributed by atoms with E-state index in [0.717, 1.165) is 110 Å². The van der Waals surface area contributed by atoms with Crippen molar-refractivity contribution in [1.29, 1.82) is 0 Å². The fourth-order valence-corrected chi connectivity index (χ4v) is 11.6. The van der Waals surface area contributed by atoms with Crippen LogP contribution in [-0.2, 0) is 5.60 Å². The molecule has 12 nitrogen and oxygen atoms in total. The molecule has 4 unspecified atom stereocenters. The number of piperazine rings is 1. The lowest BCUT2D eigenvalue weighted by atomic mass is 9.71. The molecule has 0 spiro atoms. The van der Waals surface area contributed by atoms with Gasteiger partial charge in [-0.2, -0.15) is 0 Å². The Morgan fingerprint density at radius 1 is 0.641 bits per heavy atom. The molecule has 1 fully saturated rings. The SMILES string of the molecule is COc1nc2ccc(Br)cc2cc1C(c1ccc2c(c1)OCO2)C(O)(CCN(C)C)c1ccccc1.COc1nc2ccc(Br)cc2cc1C(c1ccccc1)C(O)(CCCCN1CCN(C)CC1)COc1ccc(C)cc1. The summed E-state index contributed by atoms with van der Waals surface area (Å²) < 4.78 is 31.3. The summed E-state index contributed by atoms with van der Waals surface area (Å²) in [5, 5.41) is 27.4. The minimum Gasteiger partial charge on any atom is -0.491 e. The number of halogens is 2. The smallest absolute Gasteiger partial charge is 0.231 e. The fraction of sp³-hybridized carbons (Fsp3) is 0.344. The van der Waals surface area contributed by atoms with Crippen molar-refractivity contribution in [1.82, 2.24) is 24.7 Å². The molecule has 4 heterocycles. The van der Waals surface area contributed by atoms with E-state index >= 15 is 0 Å². The van der Waals surface area contributed by atoms with E-state index in [-0.39, 0.29) is 13.4 Å². The number of aliphatic hydroxyl groups is 2. The predicted octanol–water partition coefficient (Wildman–Crippen LogP) is 12.4. The summed E-state index contributed by atoms with van der Waals surface area (Å²) in [6.07, 6.45) is 2.95. The number of nitrogens with zero attached hydrogens (tertiary/aromatic N) is 5. The molecule has 1 saturated heterocycles. The van der Waals surface area contributed by atoms with Crippen LogP contribution in [0.4, 0.5) is 0 Å². The molecule has 2 aromatic heterocycles. The highest BCUT2D eigenvalue weighted by Gasteiger charge is 2.44. The highest BCUT2D eigenvalue weighted by atomic mass is 79.9. The van der Waals surface area contributed by atoms with E-state index < -0.39 is 23.0 Å². The summed E-state index contributed by atoms with van der Waals surface area (Å²) in [5.41, 5.74) is 4.71. The van der Waals surface area contributed by atoms with Crippen LogP contribution in [-0.4, -0.2) is 129 Å². The standard InChI is InChI=1S/C35H42BrN3O3.C29H29BrN2O4/c1-26-11-14-30(15-12-26)42-25-35(40,17-7-8-18-39-21-19-38(2)20-22-39)33(27-9-5-4-6-10-27)31-24-28-23-29(36)13-16-32(28)37-34(31)41-3;1-32(2)14-13-29(33,21-7-5-4-6-8-21)27(19-9-12-25-26(17-19)36-18-35-25)23-16-20-15-22(30)10-11-24(20)31-28(23)34-3/h4-6,9-16,23-24,33,40H,7-8,17-22,25H2,1-3H3;4-12,15-17,27,33H,13-14,18H2,1-3H3. The second kappa shape index (κ2) is 25.8. The van der Waals surface area contributed by atoms with E-state index in [1.165, 1.54) is 5.56 Å². The number of methoxy groups -OCH3 is 2. The molecule has 0 bridgehead atoms. The Kier molecular flexibility index (Phi) is 18.7. The van der Waals surface area contributed by atoms with Gasteiger partial charge in [-0.15, -0.1) is 0 Å². The Morgan fingerprint density at radius 2 is 1.23 bits per heavy atom. The highest BCUT2D eigenvalue weighted by Crippen LogP contribution is 2.50. The molecule has 78 heavy (non-hydrogen) atoms. The van der Waals surface area contributed by atoms with Crippen molar-refractivity contribution in [2.45, 2.75) is 55.6 Å². The van der Waals surface area contributed by atoms with E-state index in [0.29, 0.717) is 42.6 Å². The number of pyridine rings is 2. The summed E-state index contributed by atoms with van der Waals surface area (Å²) in [6.45, 7) is 8.51. The van der Waals surface area contributed by atoms with Gasteiger partial charge >= 0.3 is 0 Å². The molecule has 10 rings (SSSR count). The Bertz CT molecular complexity index is 3260. The first kappa shape index (κ1) is 56.6. The second-order valence-corrected chi connectivity index (χ2v) is 22.7. The van der Waals surface area contributed by atoms with Crippen LogP contribution in [0.5, 0.6) is 29.0 Å². The van der Waals surface area contributed by atoms with Crippen LogP contribution in [0, 0.1) is 6.92 Å². The fourth-order valence-electron chi connectivity index (χ4n) is 10.8. The van der Waals surface area contributed by atoms with E-state index in [9.17, 15) is 10.2 Å². The second-order valence-electron chi connectivity index (χ2n) is 20.9. The first-order chi connectivity index (χ1) is 37.7. The maximum absolute atomic E-state index is 12.8. The van der Waals surface area contributed by atoms with Crippen LogP contribution in [0.2, 0.25) is 0 Å². The van der Waals surface area contributed by atoms with Gasteiger partial charge in [-0.1, -0.05) is 116 Å². The van der Waals surface area contributed by atoms with Crippen molar-refractivity contribution in [2.75, 3.05) is 88.0 Å². The predicted molar refractivity (Wildman–Crippen MR) is 318 cm³/mol. The van der Waals surface area contributed by atoms with Gasteiger partial charge < -0.3 is 48.6 Å². The van der Waals surface area contributed by atoms with Crippen LogP contribution >= 0.6 is 31.9 Å². The lowest BCUT2D eigenvalue weighted by Crippen LogP contribution is -2.45. The first-order valence-electron chi connectivity index (χ1n) is 26.7. The third kappa shape index (κ3) is 13.5. The normalized spacial score (nSPS) is 16.0. The maximum atomic E-state index is 12.8. The number of fused-ring (bicyclic) bond motifs is 3. The van der Waals surface area contributed by atoms with Gasteiger partial charge in [-0.25, -0.2) is 9.97 Å². The van der Waals surface area contributed by atoms with Gasteiger partial charge in [0.2, 0.25) is 18.6 Å². The lowest BCUT2D eigenvalue weighted by molar-refractivity contribution is -0.0286. The van der Waals surface area contributed by atoms with E-state index in [1.807, 2.05) is 135 Å². The molecular weight excluding hydrogens is 1110 g/mol. The molecule has 4 atom stereocenters. The van der Waals surface area contributed by atoms with Crippen molar-refractivity contribution in [3.8, 4) is 29.0 Å². The molecule has 14 heteroatoms. The Labute approximate surface area is 476 Å². The summed E-state index contributed by atoms with van der Waals surface area (Å²) in [4.78, 5) is 16.7. The van der Waals surface area contributed by atoms with Crippen molar-refractivity contribution < 1.29 is 33.9 Å². The monoisotopic (exact) mass is 1180 g/mol. The van der Waals surface area contributed by atoms with Gasteiger partial charge in [0.1, 0.15) is 23.6 Å². The van der Waals surface area contributed by atoms with Crippen molar-refractivity contribution in [3.63, 3.8) is 0 Å². The molecule has 408 valence electrons. The quantitative estimate of drug-likeness (QED) is 0.0707. The number of ether oxygens (including phenoxy) is 5. The third-order valence-electron chi connectivity index (χ3n) is 15.1. The average Bonchev–Trinajstić information content (AvgIpc) is 4.04. The number of likely N-dealkylation sites (N-methyl/N-ethyl adjacent to an activating group) is 1. The number of hydrogen-bond acceptors (Lipinski definition) is 12. The number of rotatable bonds is 20. The first-order valence-corrected chi connectivity index (χ1v) is 28.3. The minimum atomic E-state index is -1.27. The molecule has 0 amide bonds. The Hall–Kier alpha value is -6.10. The minimum absolute atomic E-state index is 0.143. The molecule has 6 aromatic carbocycles. The number of hydrogen-bond donors (Lipinski definition) is 2. The van der Waals surface area contributed by atoms with Gasteiger partial charge in [-0.05, 0) is 150 Å². The summed E-state index contributed by atoms with van der Waals surface area (Å²) >= 11 is 7.19. The van der Waals surface area contributed by atoms with Crippen LogP contribution in [0.1, 0.15) is 70.9 Å². The zero-order chi connectivity index (χ0) is 54.8. The zero-order valence-corrected chi connectivity index (χ0v) is 48.7. The zero-order valence-electron chi connectivity index (χ0n) is 45.5. The number of benzene rings is 6. The van der Waals surface area contributed by atoms with Crippen molar-refractivity contribution >= 4 is 53.7 Å². The van der Waals surface area contributed by atoms with Crippen LogP contribution in [0.25, 0.3) is 21.8 Å². The molecule has 8 aromatic rings. The largest absolute Gasteiger partial charge is 0.491 e. The number of unbranched alkanes of at least 4 members (excludes halogenated alkanes) is 1. The van der Waals surface area contributed by atoms with Crippen LogP contribution in [0.3, 0.4) is 0 Å². The molecule has 2 aliphatic rings. The van der Waals surface area contributed by atoms with E-state index in [4.69, 9.17) is 33.7 Å². The Morgan fingerprint density at radius 3 is 1.83 bits per heavy atom. The molecule has 0 saturated carbocycles. The van der Waals surface area contributed by atoms with Crippen LogP contribution < -0.4 is 23.7 Å². The lowest BCUT2D eigenvalue weighted by Gasteiger charge is -2.39. The Balaban J connectivity index is 0.000000192. The summed E-state index contributed by atoms with van der Waals surface area (Å²) in [5.74, 6) is 2.18. The van der Waals surface area contributed by atoms with E-state index in [2.05, 4.69) is 90.9 Å². The van der Waals surface area contributed by atoms with Crippen molar-refractivity contribution in [3.05, 3.63) is 194 Å². The molecule has 2 N–H and O–H groups in total. The van der Waals surface area contributed by atoms with Gasteiger partial charge in [0.25, 0.3) is 0 Å². The average molecular weight is 1180 g/mol. The van der Waals surface area contributed by atoms with Crippen molar-refractivity contribution in [2.24, 2.45) is 0 Å². The van der Waals surface area contributed by atoms with Gasteiger partial charge in [0.05, 0.1) is 25.3 Å². The maximum Gasteiger partial charge on any atom is 0.231 e. The third-order valence-corrected chi connectivity index (χ3v) is 16.1. The molecule has 2 aliphatic heterocycles. The highest BCUT2D eigenvalue weighted by molar-refractivity contribution is 9.10. The molecule has 0 aliphatic carbocycles. The molecular formula is C64H71Br2N5O7. The van der Waals surface area contributed by atoms with E-state index in [1.54, 1.807) is 14.2 Å². The summed E-state index contributed by atoms with van der Waals surface area (Å²) in [6, 6.07) is 50.1.